The van der Waals surface area contributed by atoms with Gasteiger partial charge in [-0.1, -0.05) is 41.9 Å². The number of benzene rings is 3. The molecule has 0 fully saturated rings. The van der Waals surface area contributed by atoms with E-state index >= 15 is 0 Å². The fraction of sp³-hybridized carbons (Fsp3) is 0.207. The molecule has 2 amide bonds. The second kappa shape index (κ2) is 11.5. The Kier molecular flexibility index (Phi) is 8.14. The Morgan fingerprint density at radius 3 is 2.29 bits per heavy atom. The molecule has 9 heteroatoms. The summed E-state index contributed by atoms with van der Waals surface area (Å²) in [5, 5.41) is 15.9. The van der Waals surface area contributed by atoms with E-state index in [0.29, 0.717) is 51.6 Å². The molecule has 0 aliphatic carbocycles. The molecule has 0 aromatic heterocycles. The molecule has 0 unspecified atom stereocenters. The van der Waals surface area contributed by atoms with E-state index in [1.807, 2.05) is 43.3 Å². The molecule has 0 atom stereocenters. The van der Waals surface area contributed by atoms with E-state index in [2.05, 4.69) is 10.6 Å². The molecule has 0 radical (unpaired) electrons. The van der Waals surface area contributed by atoms with E-state index in [1.165, 1.54) is 0 Å². The van der Waals surface area contributed by atoms with Crippen molar-refractivity contribution in [3.63, 3.8) is 0 Å². The molecule has 196 valence electrons. The van der Waals surface area contributed by atoms with E-state index in [9.17, 15) is 14.4 Å². The highest BCUT2D eigenvalue weighted by atomic mass is 35.5. The summed E-state index contributed by atoms with van der Waals surface area (Å²) in [5.74, 6) is -1.18. The highest BCUT2D eigenvalue weighted by molar-refractivity contribution is 6.38. The molecule has 0 saturated carbocycles. The first-order chi connectivity index (χ1) is 18.1. The van der Waals surface area contributed by atoms with Gasteiger partial charge in [0.05, 0.1) is 23.4 Å². The van der Waals surface area contributed by atoms with Gasteiger partial charge in [0.2, 0.25) is 5.91 Å². The summed E-state index contributed by atoms with van der Waals surface area (Å²) in [5.41, 5.74) is 5.18. The zero-order valence-electron chi connectivity index (χ0n) is 21.4. The third-order valence-electron chi connectivity index (χ3n) is 6.25. The Labute approximate surface area is 226 Å². The van der Waals surface area contributed by atoms with Gasteiger partial charge < -0.3 is 25.5 Å². The predicted molar refractivity (Wildman–Crippen MR) is 151 cm³/mol. The monoisotopic (exact) mass is 532 g/mol. The number of hydrogen-bond donors (Lipinski definition) is 3. The molecule has 1 aliphatic heterocycles. The van der Waals surface area contributed by atoms with Gasteiger partial charge in [0.25, 0.3) is 5.91 Å². The van der Waals surface area contributed by atoms with Crippen LogP contribution in [0.1, 0.15) is 23.1 Å². The third kappa shape index (κ3) is 6.22. The van der Waals surface area contributed by atoms with Crippen LogP contribution in [0.5, 0.6) is 0 Å². The minimum atomic E-state index is -0.916. The fourth-order valence-electron chi connectivity index (χ4n) is 4.18. The van der Waals surface area contributed by atoms with Gasteiger partial charge >= 0.3 is 5.97 Å². The molecular weight excluding hydrogens is 504 g/mol. The fourth-order valence-corrected chi connectivity index (χ4v) is 4.35. The van der Waals surface area contributed by atoms with Gasteiger partial charge in [0.1, 0.15) is 0 Å². The second-order valence-electron chi connectivity index (χ2n) is 9.34. The maximum atomic E-state index is 13.1. The molecule has 38 heavy (non-hydrogen) atoms. The molecule has 3 N–H and O–H groups in total. The summed E-state index contributed by atoms with van der Waals surface area (Å²) in [6.07, 6.45) is 0.319. The van der Waals surface area contributed by atoms with Crippen LogP contribution in [-0.4, -0.2) is 55.5 Å². The van der Waals surface area contributed by atoms with Crippen molar-refractivity contribution in [2.24, 2.45) is 0 Å². The molecule has 4 rings (SSSR count). The van der Waals surface area contributed by atoms with Crippen molar-refractivity contribution < 1.29 is 19.5 Å². The summed E-state index contributed by atoms with van der Waals surface area (Å²) >= 11 is 6.14. The van der Waals surface area contributed by atoms with Crippen LogP contribution in [0.15, 0.2) is 66.7 Å². The summed E-state index contributed by atoms with van der Waals surface area (Å²) < 4.78 is 0. The largest absolute Gasteiger partial charge is 0.481 e. The number of aliphatic carboxylic acids is 1. The summed E-state index contributed by atoms with van der Waals surface area (Å²) in [6.45, 7) is 0.666. The zero-order chi connectivity index (χ0) is 27.4. The van der Waals surface area contributed by atoms with Gasteiger partial charge in [-0.2, -0.15) is 0 Å². The highest BCUT2D eigenvalue weighted by Gasteiger charge is 2.28. The van der Waals surface area contributed by atoms with E-state index in [-0.39, 0.29) is 18.2 Å². The number of fused-ring (bicyclic) bond motifs is 1. The molecule has 3 aromatic carbocycles. The van der Waals surface area contributed by atoms with Crippen LogP contribution < -0.4 is 15.5 Å². The van der Waals surface area contributed by atoms with Crippen LogP contribution in [-0.2, 0) is 20.8 Å². The number of nitrogens with one attached hydrogen (secondary N) is 2. The van der Waals surface area contributed by atoms with Crippen LogP contribution in [0.4, 0.5) is 17.1 Å². The van der Waals surface area contributed by atoms with E-state index in [0.717, 1.165) is 11.4 Å². The number of carbonyl (C=O) groups excluding carboxylic acids is 2. The lowest BCUT2D eigenvalue weighted by atomic mass is 9.98. The Bertz CT molecular complexity index is 1400. The molecular formula is C29H29ClN4O4. The van der Waals surface area contributed by atoms with Crippen molar-refractivity contribution in [2.45, 2.75) is 12.8 Å². The van der Waals surface area contributed by atoms with Crippen molar-refractivity contribution in [3.8, 4) is 0 Å². The van der Waals surface area contributed by atoms with E-state index in [1.54, 1.807) is 54.4 Å². The quantitative estimate of drug-likeness (QED) is 0.342. The zero-order valence-corrected chi connectivity index (χ0v) is 22.2. The number of halogens is 1. The van der Waals surface area contributed by atoms with Crippen LogP contribution >= 0.6 is 11.6 Å². The topological polar surface area (TPSA) is 102 Å². The molecule has 0 saturated heterocycles. The van der Waals surface area contributed by atoms with Crippen molar-refractivity contribution in [3.05, 3.63) is 88.4 Å². The number of rotatable bonds is 9. The average Bonchev–Trinajstić information content (AvgIpc) is 3.20. The first-order valence-electron chi connectivity index (χ1n) is 12.1. The molecule has 1 heterocycles. The Morgan fingerprint density at radius 1 is 0.974 bits per heavy atom. The number of carbonyl (C=O) groups is 3. The lowest BCUT2D eigenvalue weighted by molar-refractivity contribution is -0.136. The normalized spacial score (nSPS) is 13.7. The van der Waals surface area contributed by atoms with Crippen molar-refractivity contribution in [1.82, 2.24) is 4.90 Å². The number of carboxylic acids is 1. The molecule has 1 aliphatic rings. The first-order valence-corrected chi connectivity index (χ1v) is 12.4. The van der Waals surface area contributed by atoms with Crippen molar-refractivity contribution in [2.75, 3.05) is 43.2 Å². The summed E-state index contributed by atoms with van der Waals surface area (Å²) in [6, 6.07) is 19.7. The number of carboxylic acid groups (broad SMARTS) is 1. The minimum Gasteiger partial charge on any atom is -0.481 e. The standard InChI is InChI=1S/C29H29ClN4O4/c1-33(2)15-14-25(35)34(3)22-11-9-21(10-12-22)31-28(19-6-4-18(5-7-19)16-26(36)37)27-23-13-8-20(30)17-24(23)32-29(27)38/h4-13,17,31H,14-16H2,1-3H3,(H,32,38)(H,36,37)/b28-27-. The van der Waals surface area contributed by atoms with Gasteiger partial charge in [-0.3, -0.25) is 14.4 Å². The van der Waals surface area contributed by atoms with Gasteiger partial charge in [-0.05, 0) is 61.6 Å². The molecule has 0 spiro atoms. The molecule has 3 aromatic rings. The van der Waals surface area contributed by atoms with Crippen molar-refractivity contribution in [1.29, 1.82) is 0 Å². The highest BCUT2D eigenvalue weighted by Crippen LogP contribution is 2.39. The molecule has 8 nitrogen and oxygen atoms in total. The van der Waals surface area contributed by atoms with Gasteiger partial charge in [0.15, 0.2) is 0 Å². The van der Waals surface area contributed by atoms with Crippen LogP contribution in [0.2, 0.25) is 5.02 Å². The van der Waals surface area contributed by atoms with Crippen LogP contribution in [0, 0.1) is 0 Å². The SMILES string of the molecule is CN(C)CCC(=O)N(C)c1ccc(N/C(=C2\C(=O)Nc3cc(Cl)ccc32)c2ccc(CC(=O)O)cc2)cc1. The van der Waals surface area contributed by atoms with E-state index < -0.39 is 5.97 Å². The van der Waals surface area contributed by atoms with Gasteiger partial charge in [0, 0.05) is 42.0 Å². The summed E-state index contributed by atoms with van der Waals surface area (Å²) in [7, 11) is 5.60. The Morgan fingerprint density at radius 2 is 1.66 bits per heavy atom. The smallest absolute Gasteiger partial charge is 0.307 e. The summed E-state index contributed by atoms with van der Waals surface area (Å²) in [4.78, 5) is 40.3. The van der Waals surface area contributed by atoms with Crippen molar-refractivity contribution >= 4 is 57.7 Å². The van der Waals surface area contributed by atoms with Gasteiger partial charge in [-0.15, -0.1) is 0 Å². The lowest BCUT2D eigenvalue weighted by Crippen LogP contribution is -2.29. The van der Waals surface area contributed by atoms with E-state index in [4.69, 9.17) is 16.7 Å². The maximum absolute atomic E-state index is 13.1. The Hall–Kier alpha value is -4.14. The van der Waals surface area contributed by atoms with Crippen LogP contribution in [0.3, 0.4) is 0 Å². The van der Waals surface area contributed by atoms with Gasteiger partial charge in [-0.25, -0.2) is 0 Å². The predicted octanol–water partition coefficient (Wildman–Crippen LogP) is 4.81. The minimum absolute atomic E-state index is 0.0153. The first kappa shape index (κ1) is 26.9. The number of nitrogens with zero attached hydrogens (tertiary/aromatic N) is 2. The maximum Gasteiger partial charge on any atom is 0.307 e. The third-order valence-corrected chi connectivity index (χ3v) is 6.48. The molecule has 0 bridgehead atoms. The number of hydrogen-bond acceptors (Lipinski definition) is 5. The van der Waals surface area contributed by atoms with Crippen LogP contribution in [0.25, 0.3) is 11.3 Å². The number of amides is 2. The number of anilines is 3. The Balaban J connectivity index is 1.68. The second-order valence-corrected chi connectivity index (χ2v) is 9.78. The average molecular weight is 533 g/mol. The lowest BCUT2D eigenvalue weighted by Gasteiger charge is -2.20.